The van der Waals surface area contributed by atoms with E-state index in [9.17, 15) is 19.1 Å². The van der Waals surface area contributed by atoms with Crippen LogP contribution in [0.5, 0.6) is 5.75 Å². The van der Waals surface area contributed by atoms with E-state index in [1.54, 1.807) is 24.3 Å². The maximum atomic E-state index is 13.5. The third-order valence-electron chi connectivity index (χ3n) is 6.93. The van der Waals surface area contributed by atoms with Gasteiger partial charge in [-0.3, -0.25) is 4.79 Å². The van der Waals surface area contributed by atoms with E-state index in [1.165, 1.54) is 22.9 Å². The Bertz CT molecular complexity index is 1230. The quantitative estimate of drug-likeness (QED) is 0.327. The molecule has 1 aliphatic rings. The van der Waals surface area contributed by atoms with Crippen LogP contribution in [0.25, 0.3) is 11.3 Å². The first-order chi connectivity index (χ1) is 17.4. The molecule has 190 valence electrons. The minimum atomic E-state index is -0.412. The number of phenolic OH excluding ortho intramolecular Hbond substituents is 1. The van der Waals surface area contributed by atoms with Crippen molar-refractivity contribution >= 4 is 17.6 Å². The van der Waals surface area contributed by atoms with E-state index in [0.29, 0.717) is 22.5 Å². The third kappa shape index (κ3) is 5.75. The molecule has 1 aromatic heterocycles. The van der Waals surface area contributed by atoms with Crippen LogP contribution in [0, 0.1) is 11.7 Å². The van der Waals surface area contributed by atoms with Crippen molar-refractivity contribution in [2.24, 2.45) is 5.92 Å². The van der Waals surface area contributed by atoms with E-state index in [1.807, 2.05) is 19.9 Å². The molecule has 4 rings (SSSR count). The van der Waals surface area contributed by atoms with Gasteiger partial charge in [0.15, 0.2) is 0 Å². The lowest BCUT2D eigenvalue weighted by atomic mass is 10.0. The van der Waals surface area contributed by atoms with Crippen molar-refractivity contribution in [1.82, 2.24) is 15.1 Å². The maximum absolute atomic E-state index is 13.5. The first-order valence-electron chi connectivity index (χ1n) is 12.7. The van der Waals surface area contributed by atoms with Crippen LogP contribution in [-0.4, -0.2) is 26.8 Å². The van der Waals surface area contributed by atoms with Crippen molar-refractivity contribution in [2.75, 3.05) is 5.32 Å². The highest BCUT2D eigenvalue weighted by Crippen LogP contribution is 2.38. The van der Waals surface area contributed by atoms with Gasteiger partial charge in [0.05, 0.1) is 11.4 Å². The number of nitrogens with one attached hydrogen (secondary N) is 2. The summed E-state index contributed by atoms with van der Waals surface area (Å²) < 4.78 is 14.9. The highest BCUT2D eigenvalue weighted by molar-refractivity contribution is 5.93. The number of anilines is 1. The molecule has 1 fully saturated rings. The van der Waals surface area contributed by atoms with Gasteiger partial charge >= 0.3 is 6.03 Å². The molecule has 1 heterocycles. The Morgan fingerprint density at radius 2 is 1.86 bits per heavy atom. The second-order valence-electron chi connectivity index (χ2n) is 9.37. The molecule has 0 atom stereocenters. The molecule has 0 unspecified atom stereocenters. The maximum Gasteiger partial charge on any atom is 0.342 e. The van der Waals surface area contributed by atoms with Crippen LogP contribution in [0.4, 0.5) is 14.9 Å². The van der Waals surface area contributed by atoms with E-state index in [4.69, 9.17) is 0 Å². The van der Waals surface area contributed by atoms with Gasteiger partial charge in [-0.25, -0.2) is 9.18 Å². The van der Waals surface area contributed by atoms with Crippen molar-refractivity contribution in [3.05, 3.63) is 65.6 Å². The molecule has 2 aromatic carbocycles. The molecular formula is C28H33FN4O3. The van der Waals surface area contributed by atoms with Crippen molar-refractivity contribution < 1.29 is 19.1 Å². The number of carbonyl (C=O) groups excluding carboxylic acids is 2. The van der Waals surface area contributed by atoms with Crippen LogP contribution in [0.2, 0.25) is 0 Å². The van der Waals surface area contributed by atoms with Crippen molar-refractivity contribution in [3.63, 3.8) is 0 Å². The topological polar surface area (TPSA) is 96.2 Å². The predicted molar refractivity (Wildman–Crippen MR) is 137 cm³/mol. The number of hydrogen-bond donors (Lipinski definition) is 3. The molecule has 3 N–H and O–H groups in total. The number of benzene rings is 2. The number of aromatic nitrogens is 2. The molecule has 0 spiro atoms. The average Bonchev–Trinajstić information content (AvgIpc) is 3.55. The van der Waals surface area contributed by atoms with Crippen molar-refractivity contribution in [2.45, 2.75) is 64.8 Å². The van der Waals surface area contributed by atoms with Gasteiger partial charge in [0, 0.05) is 29.6 Å². The lowest BCUT2D eigenvalue weighted by Gasteiger charge is -2.13. The fourth-order valence-corrected chi connectivity index (χ4v) is 4.82. The third-order valence-corrected chi connectivity index (χ3v) is 6.93. The number of amides is 2. The van der Waals surface area contributed by atoms with Crippen LogP contribution in [0.3, 0.4) is 0 Å². The summed E-state index contributed by atoms with van der Waals surface area (Å²) in [5, 5.41) is 20.9. The smallest absolute Gasteiger partial charge is 0.342 e. The van der Waals surface area contributed by atoms with E-state index in [2.05, 4.69) is 15.7 Å². The first kappa shape index (κ1) is 25.4. The van der Waals surface area contributed by atoms with Gasteiger partial charge in [-0.2, -0.15) is 9.78 Å². The minimum absolute atomic E-state index is 0.0123. The fourth-order valence-electron chi connectivity index (χ4n) is 4.82. The Kier molecular flexibility index (Phi) is 8.03. The molecule has 0 radical (unpaired) electrons. The number of hydrogen-bond acceptors (Lipinski definition) is 4. The van der Waals surface area contributed by atoms with Gasteiger partial charge in [0.1, 0.15) is 11.6 Å². The van der Waals surface area contributed by atoms with Crippen molar-refractivity contribution in [3.8, 4) is 17.0 Å². The number of nitrogens with zero attached hydrogens (tertiary/aromatic N) is 2. The summed E-state index contributed by atoms with van der Waals surface area (Å²) in [5.41, 5.74) is 2.89. The van der Waals surface area contributed by atoms with Gasteiger partial charge in [0.2, 0.25) is 5.91 Å². The number of aromatic hydroxyl groups is 1. The van der Waals surface area contributed by atoms with Gasteiger partial charge in [-0.15, -0.1) is 0 Å². The number of phenols is 1. The van der Waals surface area contributed by atoms with Gasteiger partial charge in [-0.05, 0) is 67.6 Å². The van der Waals surface area contributed by atoms with Gasteiger partial charge in [0.25, 0.3) is 0 Å². The monoisotopic (exact) mass is 492 g/mol. The summed E-state index contributed by atoms with van der Waals surface area (Å²) in [5.74, 6) is -0.312. The Labute approximate surface area is 210 Å². The van der Waals surface area contributed by atoms with Crippen molar-refractivity contribution in [1.29, 1.82) is 0 Å². The molecule has 1 aliphatic carbocycles. The Morgan fingerprint density at radius 3 is 2.56 bits per heavy atom. The predicted octanol–water partition coefficient (Wildman–Crippen LogP) is 6.19. The van der Waals surface area contributed by atoms with Gasteiger partial charge in [-0.1, -0.05) is 38.8 Å². The number of rotatable bonds is 8. The second-order valence-corrected chi connectivity index (χ2v) is 9.37. The second kappa shape index (κ2) is 11.4. The van der Waals surface area contributed by atoms with Crippen LogP contribution in [-0.2, 0) is 11.3 Å². The summed E-state index contributed by atoms with van der Waals surface area (Å²) in [7, 11) is 0. The minimum Gasteiger partial charge on any atom is -0.507 e. The van der Waals surface area contributed by atoms with E-state index in [-0.39, 0.29) is 35.9 Å². The standard InChI is InChI=1S/C28H33FN4O3/c1-3-19(4-2)27(35)31-22-12-13-26(34)23(15-22)24-16-25(20-9-5-6-10-20)33(32-24)28(36)30-17-18-8-7-11-21(29)14-18/h7-8,11-16,19-20,34H,3-6,9-10,17H2,1-2H3,(H,30,36)(H,31,35). The summed E-state index contributed by atoms with van der Waals surface area (Å²) in [4.78, 5) is 25.7. The molecule has 2 amide bonds. The van der Waals surface area contributed by atoms with Crippen LogP contribution >= 0.6 is 0 Å². The summed E-state index contributed by atoms with van der Waals surface area (Å²) in [6.07, 6.45) is 5.57. The Hall–Kier alpha value is -3.68. The molecule has 0 aliphatic heterocycles. The van der Waals surface area contributed by atoms with Crippen LogP contribution in [0.1, 0.15) is 69.5 Å². The van der Waals surface area contributed by atoms with E-state index >= 15 is 0 Å². The SMILES string of the molecule is CCC(CC)C(=O)Nc1ccc(O)c(-c2cc(C3CCCC3)n(C(=O)NCc3cccc(F)c3)n2)c1. The molecule has 36 heavy (non-hydrogen) atoms. The summed E-state index contributed by atoms with van der Waals surface area (Å²) in [6.45, 7) is 4.12. The normalized spacial score (nSPS) is 13.8. The zero-order valence-corrected chi connectivity index (χ0v) is 20.8. The highest BCUT2D eigenvalue weighted by Gasteiger charge is 2.26. The first-order valence-corrected chi connectivity index (χ1v) is 12.7. The fraction of sp³-hybridized carbons (Fsp3) is 0.393. The van der Waals surface area contributed by atoms with Crippen LogP contribution in [0.15, 0.2) is 48.5 Å². The summed E-state index contributed by atoms with van der Waals surface area (Å²) >= 11 is 0. The lowest BCUT2D eigenvalue weighted by Crippen LogP contribution is -2.30. The van der Waals surface area contributed by atoms with Crippen LogP contribution < -0.4 is 10.6 Å². The largest absolute Gasteiger partial charge is 0.507 e. The molecule has 3 aromatic rings. The summed E-state index contributed by atoms with van der Waals surface area (Å²) in [6, 6.07) is 12.4. The zero-order valence-electron chi connectivity index (χ0n) is 20.8. The lowest BCUT2D eigenvalue weighted by molar-refractivity contribution is -0.120. The number of halogens is 1. The molecule has 1 saturated carbocycles. The van der Waals surface area contributed by atoms with E-state index in [0.717, 1.165) is 44.2 Å². The highest BCUT2D eigenvalue weighted by atomic mass is 19.1. The van der Waals surface area contributed by atoms with Gasteiger partial charge < -0.3 is 15.7 Å². The zero-order chi connectivity index (χ0) is 25.7. The number of carbonyl (C=O) groups is 2. The molecule has 0 bridgehead atoms. The van der Waals surface area contributed by atoms with E-state index < -0.39 is 6.03 Å². The molecule has 8 heteroatoms. The molecule has 0 saturated heterocycles. The molecule has 7 nitrogen and oxygen atoms in total. The molecular weight excluding hydrogens is 459 g/mol. The average molecular weight is 493 g/mol. The Morgan fingerprint density at radius 1 is 1.11 bits per heavy atom. The Balaban J connectivity index is 1.62.